The summed E-state index contributed by atoms with van der Waals surface area (Å²) in [7, 11) is 0. The Labute approximate surface area is 114 Å². The second-order valence-electron chi connectivity index (χ2n) is 5.28. The smallest absolute Gasteiger partial charge is 0.254 e. The van der Waals surface area contributed by atoms with E-state index in [0.29, 0.717) is 12.5 Å². The van der Waals surface area contributed by atoms with Gasteiger partial charge in [-0.25, -0.2) is 0 Å². The summed E-state index contributed by atoms with van der Waals surface area (Å²) in [6, 6.07) is 5.89. The van der Waals surface area contributed by atoms with E-state index in [-0.39, 0.29) is 11.3 Å². The van der Waals surface area contributed by atoms with E-state index >= 15 is 0 Å². The number of likely N-dealkylation sites (tertiary alicyclic amines) is 1. The summed E-state index contributed by atoms with van der Waals surface area (Å²) in [5.41, 5.74) is 3.05. The van der Waals surface area contributed by atoms with Gasteiger partial charge in [0.25, 0.3) is 5.91 Å². The van der Waals surface area contributed by atoms with Gasteiger partial charge in [0.1, 0.15) is 0 Å². The van der Waals surface area contributed by atoms with Gasteiger partial charge in [-0.2, -0.15) is 0 Å². The SMILES string of the molecule is Cc1cccc(C(=O)N2CCC(C)C(Cl)C2)c1C. The number of hydrogen-bond donors (Lipinski definition) is 0. The average molecular weight is 266 g/mol. The zero-order valence-corrected chi connectivity index (χ0v) is 12.0. The van der Waals surface area contributed by atoms with Crippen molar-refractivity contribution in [2.75, 3.05) is 13.1 Å². The molecular formula is C15H20ClNO. The Morgan fingerprint density at radius 2 is 2.11 bits per heavy atom. The van der Waals surface area contributed by atoms with Crippen LogP contribution in [0.4, 0.5) is 0 Å². The highest BCUT2D eigenvalue weighted by atomic mass is 35.5. The number of rotatable bonds is 1. The van der Waals surface area contributed by atoms with Gasteiger partial charge in [0.2, 0.25) is 0 Å². The summed E-state index contributed by atoms with van der Waals surface area (Å²) in [6.07, 6.45) is 0.991. The van der Waals surface area contributed by atoms with Crippen LogP contribution >= 0.6 is 11.6 Å². The molecule has 0 aliphatic carbocycles. The fraction of sp³-hybridized carbons (Fsp3) is 0.533. The molecule has 1 aromatic rings. The van der Waals surface area contributed by atoms with Gasteiger partial charge in [-0.15, -0.1) is 11.6 Å². The fourth-order valence-electron chi connectivity index (χ4n) is 2.36. The lowest BCUT2D eigenvalue weighted by Crippen LogP contribution is -2.44. The molecule has 98 valence electrons. The minimum Gasteiger partial charge on any atom is -0.337 e. The Bertz CT molecular complexity index is 458. The molecule has 0 aromatic heterocycles. The zero-order chi connectivity index (χ0) is 13.3. The van der Waals surface area contributed by atoms with Crippen molar-refractivity contribution < 1.29 is 4.79 Å². The summed E-state index contributed by atoms with van der Waals surface area (Å²) in [5, 5.41) is 0.0767. The highest BCUT2D eigenvalue weighted by molar-refractivity contribution is 6.21. The van der Waals surface area contributed by atoms with Gasteiger partial charge in [0.05, 0.1) is 5.38 Å². The molecule has 2 atom stereocenters. The van der Waals surface area contributed by atoms with Crippen LogP contribution in [0.5, 0.6) is 0 Å². The van der Waals surface area contributed by atoms with E-state index in [1.165, 1.54) is 0 Å². The number of piperidine rings is 1. The van der Waals surface area contributed by atoms with E-state index in [0.717, 1.165) is 29.7 Å². The molecule has 18 heavy (non-hydrogen) atoms. The Balaban J connectivity index is 2.19. The maximum atomic E-state index is 12.5. The standard InChI is InChI=1S/C15H20ClNO/c1-10-5-4-6-13(12(10)3)15(18)17-8-7-11(2)14(16)9-17/h4-6,11,14H,7-9H2,1-3H3. The van der Waals surface area contributed by atoms with E-state index in [9.17, 15) is 4.79 Å². The van der Waals surface area contributed by atoms with Crippen LogP contribution in [0, 0.1) is 19.8 Å². The van der Waals surface area contributed by atoms with Crippen LogP contribution in [0.2, 0.25) is 0 Å². The molecule has 2 unspecified atom stereocenters. The Kier molecular flexibility index (Phi) is 3.96. The summed E-state index contributed by atoms with van der Waals surface area (Å²) in [4.78, 5) is 14.4. The number of nitrogens with zero attached hydrogens (tertiary/aromatic N) is 1. The lowest BCUT2D eigenvalue weighted by molar-refractivity contribution is 0.0700. The molecule has 0 bridgehead atoms. The van der Waals surface area contributed by atoms with Crippen LogP contribution in [0.25, 0.3) is 0 Å². The van der Waals surface area contributed by atoms with Crippen LogP contribution in [-0.4, -0.2) is 29.3 Å². The van der Waals surface area contributed by atoms with Crippen molar-refractivity contribution >= 4 is 17.5 Å². The number of amides is 1. The van der Waals surface area contributed by atoms with Crippen molar-refractivity contribution in [1.82, 2.24) is 4.90 Å². The number of carbonyl (C=O) groups excluding carboxylic acids is 1. The lowest BCUT2D eigenvalue weighted by Gasteiger charge is -2.34. The summed E-state index contributed by atoms with van der Waals surface area (Å²) in [5.74, 6) is 0.614. The van der Waals surface area contributed by atoms with Gasteiger partial charge < -0.3 is 4.90 Å². The first-order valence-electron chi connectivity index (χ1n) is 6.50. The predicted molar refractivity (Wildman–Crippen MR) is 75.2 cm³/mol. The highest BCUT2D eigenvalue weighted by Crippen LogP contribution is 2.24. The minimum absolute atomic E-state index is 0.0767. The number of carbonyl (C=O) groups is 1. The molecule has 1 heterocycles. The number of aryl methyl sites for hydroxylation is 1. The number of alkyl halides is 1. The van der Waals surface area contributed by atoms with Gasteiger partial charge in [-0.05, 0) is 43.4 Å². The molecule has 1 saturated heterocycles. The van der Waals surface area contributed by atoms with Gasteiger partial charge in [-0.3, -0.25) is 4.79 Å². The van der Waals surface area contributed by atoms with Gasteiger partial charge in [0.15, 0.2) is 0 Å². The van der Waals surface area contributed by atoms with Crippen LogP contribution in [0.1, 0.15) is 34.8 Å². The second-order valence-corrected chi connectivity index (χ2v) is 5.84. The average Bonchev–Trinajstić information content (AvgIpc) is 2.35. The Morgan fingerprint density at radius 3 is 2.78 bits per heavy atom. The van der Waals surface area contributed by atoms with Crippen molar-refractivity contribution in [3.63, 3.8) is 0 Å². The molecule has 0 radical (unpaired) electrons. The largest absolute Gasteiger partial charge is 0.337 e. The first-order chi connectivity index (χ1) is 8.50. The third-order valence-corrected chi connectivity index (χ3v) is 4.56. The first kappa shape index (κ1) is 13.4. The fourth-order valence-corrected chi connectivity index (χ4v) is 2.65. The monoisotopic (exact) mass is 265 g/mol. The van der Waals surface area contributed by atoms with Gasteiger partial charge >= 0.3 is 0 Å². The van der Waals surface area contributed by atoms with Crippen molar-refractivity contribution in [2.24, 2.45) is 5.92 Å². The highest BCUT2D eigenvalue weighted by Gasteiger charge is 2.28. The molecule has 1 fully saturated rings. The molecule has 1 aliphatic heterocycles. The Morgan fingerprint density at radius 1 is 1.39 bits per heavy atom. The van der Waals surface area contributed by atoms with Crippen LogP contribution in [0.3, 0.4) is 0 Å². The maximum Gasteiger partial charge on any atom is 0.254 e. The van der Waals surface area contributed by atoms with Crippen molar-refractivity contribution in [1.29, 1.82) is 0 Å². The Hall–Kier alpha value is -1.02. The normalized spacial score (nSPS) is 24.1. The molecule has 0 N–H and O–H groups in total. The summed E-state index contributed by atoms with van der Waals surface area (Å²) < 4.78 is 0. The molecule has 0 spiro atoms. The third-order valence-electron chi connectivity index (χ3n) is 3.99. The molecule has 1 aromatic carbocycles. The maximum absolute atomic E-state index is 12.5. The van der Waals surface area contributed by atoms with Crippen molar-refractivity contribution in [3.8, 4) is 0 Å². The van der Waals surface area contributed by atoms with Crippen LogP contribution in [-0.2, 0) is 0 Å². The van der Waals surface area contributed by atoms with E-state index < -0.39 is 0 Å². The first-order valence-corrected chi connectivity index (χ1v) is 6.94. The van der Waals surface area contributed by atoms with Crippen molar-refractivity contribution in [3.05, 3.63) is 34.9 Å². The second kappa shape index (κ2) is 5.31. The zero-order valence-electron chi connectivity index (χ0n) is 11.2. The lowest BCUT2D eigenvalue weighted by atomic mass is 9.96. The van der Waals surface area contributed by atoms with Gasteiger partial charge in [0, 0.05) is 18.7 Å². The molecular weight excluding hydrogens is 246 g/mol. The quantitative estimate of drug-likeness (QED) is 0.713. The van der Waals surface area contributed by atoms with Crippen molar-refractivity contribution in [2.45, 2.75) is 32.6 Å². The van der Waals surface area contributed by atoms with E-state index in [2.05, 4.69) is 6.92 Å². The number of hydrogen-bond acceptors (Lipinski definition) is 1. The third kappa shape index (κ3) is 2.54. The minimum atomic E-state index is 0.0767. The molecule has 1 aliphatic rings. The molecule has 1 amide bonds. The topological polar surface area (TPSA) is 20.3 Å². The predicted octanol–water partition coefficient (Wildman–Crippen LogP) is 3.39. The molecule has 0 saturated carbocycles. The van der Waals surface area contributed by atoms with Crippen LogP contribution < -0.4 is 0 Å². The van der Waals surface area contributed by atoms with E-state index in [1.807, 2.05) is 36.9 Å². The van der Waals surface area contributed by atoms with E-state index in [1.54, 1.807) is 0 Å². The van der Waals surface area contributed by atoms with Crippen LogP contribution in [0.15, 0.2) is 18.2 Å². The molecule has 3 heteroatoms. The summed E-state index contributed by atoms with van der Waals surface area (Å²) in [6.45, 7) is 7.67. The van der Waals surface area contributed by atoms with E-state index in [4.69, 9.17) is 11.6 Å². The number of benzene rings is 1. The molecule has 2 rings (SSSR count). The number of halogens is 1. The van der Waals surface area contributed by atoms with Gasteiger partial charge in [-0.1, -0.05) is 19.1 Å². The molecule has 2 nitrogen and oxygen atoms in total. The summed E-state index contributed by atoms with van der Waals surface area (Å²) >= 11 is 6.27.